The Bertz CT molecular complexity index is 862. The molecule has 1 amide bonds. The van der Waals surface area contributed by atoms with Gasteiger partial charge in [0.1, 0.15) is 5.75 Å². The minimum absolute atomic E-state index is 0.00855. The number of nitrogens with zero attached hydrogens (tertiary/aromatic N) is 1. The summed E-state index contributed by atoms with van der Waals surface area (Å²) < 4.78 is 6.23. The van der Waals surface area contributed by atoms with Crippen LogP contribution in [0.2, 0.25) is 0 Å². The van der Waals surface area contributed by atoms with Gasteiger partial charge in [0.15, 0.2) is 5.13 Å². The van der Waals surface area contributed by atoms with Gasteiger partial charge >= 0.3 is 0 Å². The summed E-state index contributed by atoms with van der Waals surface area (Å²) in [5, 5.41) is 3.58. The van der Waals surface area contributed by atoms with Crippen molar-refractivity contribution in [1.82, 2.24) is 4.98 Å². The quantitative estimate of drug-likeness (QED) is 0.566. The lowest BCUT2D eigenvalue weighted by Gasteiger charge is -2.04. The fourth-order valence-corrected chi connectivity index (χ4v) is 4.65. The summed E-state index contributed by atoms with van der Waals surface area (Å²) in [6.07, 6.45) is 2.48. The van der Waals surface area contributed by atoms with E-state index in [2.05, 4.69) is 10.3 Å². The van der Waals surface area contributed by atoms with Crippen molar-refractivity contribution in [3.8, 4) is 5.75 Å². The van der Waals surface area contributed by atoms with Crippen LogP contribution in [0.5, 0.6) is 5.75 Å². The van der Waals surface area contributed by atoms with Crippen LogP contribution < -0.4 is 10.1 Å². The Kier molecular flexibility index (Phi) is 6.23. The van der Waals surface area contributed by atoms with Gasteiger partial charge in [0.25, 0.3) is 0 Å². The van der Waals surface area contributed by atoms with Gasteiger partial charge in [-0.2, -0.15) is 0 Å². The van der Waals surface area contributed by atoms with Crippen molar-refractivity contribution in [2.75, 3.05) is 24.4 Å². The Morgan fingerprint density at radius 3 is 2.76 bits per heavy atom. The van der Waals surface area contributed by atoms with Gasteiger partial charge in [-0.25, -0.2) is 4.98 Å². The molecule has 2 aromatic carbocycles. The molecule has 130 valence electrons. The minimum atomic E-state index is -0.00855. The van der Waals surface area contributed by atoms with Crippen LogP contribution in [-0.4, -0.2) is 30.0 Å². The van der Waals surface area contributed by atoms with Crippen LogP contribution in [0.15, 0.2) is 52.3 Å². The lowest BCUT2D eigenvalue weighted by molar-refractivity contribution is -0.115. The van der Waals surface area contributed by atoms with Gasteiger partial charge < -0.3 is 10.1 Å². The Balaban J connectivity index is 1.53. The molecule has 0 bridgehead atoms. The number of benzene rings is 2. The number of amides is 1. The van der Waals surface area contributed by atoms with E-state index in [0.717, 1.165) is 31.5 Å². The largest absolute Gasteiger partial charge is 0.497 e. The first-order chi connectivity index (χ1) is 12.2. The van der Waals surface area contributed by atoms with Crippen LogP contribution in [0.4, 0.5) is 5.13 Å². The molecule has 0 unspecified atom stereocenters. The summed E-state index contributed by atoms with van der Waals surface area (Å²) in [4.78, 5) is 19.0. The standard InChI is InChI=1S/C18H18N2O2S3/c1-22-12-6-8-13(9-7-12)24-11-10-16(21)19-18-20-17-14(23-2)4-3-5-15(17)25-18/h3-9H,10-11H2,1-2H3,(H,19,20,21). The number of para-hydroxylation sites is 1. The molecule has 0 aliphatic rings. The molecule has 0 atom stereocenters. The number of rotatable bonds is 7. The topological polar surface area (TPSA) is 51.2 Å². The highest BCUT2D eigenvalue weighted by molar-refractivity contribution is 7.99. The van der Waals surface area contributed by atoms with Gasteiger partial charge in [-0.05, 0) is 42.7 Å². The van der Waals surface area contributed by atoms with Crippen LogP contribution in [0.25, 0.3) is 10.2 Å². The van der Waals surface area contributed by atoms with E-state index < -0.39 is 0 Å². The molecule has 3 rings (SSSR count). The molecule has 0 aliphatic heterocycles. The van der Waals surface area contributed by atoms with Crippen LogP contribution in [0.1, 0.15) is 6.42 Å². The molecule has 4 nitrogen and oxygen atoms in total. The lowest BCUT2D eigenvalue weighted by Crippen LogP contribution is -2.11. The maximum atomic E-state index is 12.2. The number of carbonyl (C=O) groups is 1. The molecule has 0 saturated heterocycles. The SMILES string of the molecule is COc1ccc(SCCC(=O)Nc2nc3c(SC)cccc3s2)cc1. The number of carbonyl (C=O) groups excluding carboxylic acids is 1. The molecule has 0 aliphatic carbocycles. The number of methoxy groups -OCH3 is 1. The molecule has 1 heterocycles. The highest BCUT2D eigenvalue weighted by atomic mass is 32.2. The highest BCUT2D eigenvalue weighted by Gasteiger charge is 2.10. The van der Waals surface area contributed by atoms with Crippen molar-refractivity contribution in [2.45, 2.75) is 16.2 Å². The fourth-order valence-electron chi connectivity index (χ4n) is 2.26. The van der Waals surface area contributed by atoms with Crippen molar-refractivity contribution in [1.29, 1.82) is 0 Å². The molecule has 1 N–H and O–H groups in total. The number of hydrogen-bond donors (Lipinski definition) is 1. The van der Waals surface area contributed by atoms with Gasteiger partial charge in [0.2, 0.25) is 5.91 Å². The van der Waals surface area contributed by atoms with E-state index in [1.165, 1.54) is 11.3 Å². The first-order valence-corrected chi connectivity index (χ1v) is 10.7. The second kappa shape index (κ2) is 8.60. The van der Waals surface area contributed by atoms with Crippen molar-refractivity contribution in [2.24, 2.45) is 0 Å². The van der Waals surface area contributed by atoms with Crippen LogP contribution in [0.3, 0.4) is 0 Å². The van der Waals surface area contributed by atoms with Crippen molar-refractivity contribution < 1.29 is 9.53 Å². The third-order valence-electron chi connectivity index (χ3n) is 3.51. The first kappa shape index (κ1) is 18.1. The number of nitrogens with one attached hydrogen (secondary N) is 1. The zero-order valence-electron chi connectivity index (χ0n) is 13.9. The minimum Gasteiger partial charge on any atom is -0.497 e. The maximum absolute atomic E-state index is 12.2. The average Bonchev–Trinajstić information content (AvgIpc) is 3.04. The van der Waals surface area contributed by atoms with Crippen molar-refractivity contribution >= 4 is 56.1 Å². The van der Waals surface area contributed by atoms with Gasteiger partial charge in [0.05, 0.1) is 17.3 Å². The van der Waals surface area contributed by atoms with Crippen LogP contribution in [0, 0.1) is 0 Å². The molecule has 3 aromatic rings. The maximum Gasteiger partial charge on any atom is 0.226 e. The summed E-state index contributed by atoms with van der Waals surface area (Å²) in [5.41, 5.74) is 0.961. The Morgan fingerprint density at radius 2 is 2.04 bits per heavy atom. The zero-order valence-corrected chi connectivity index (χ0v) is 16.4. The molecule has 0 fully saturated rings. The van der Waals surface area contributed by atoms with E-state index in [9.17, 15) is 4.79 Å². The first-order valence-electron chi connectivity index (χ1n) is 7.70. The molecule has 7 heteroatoms. The molecule has 0 spiro atoms. The van der Waals surface area contributed by atoms with E-state index >= 15 is 0 Å². The van der Waals surface area contributed by atoms with Gasteiger partial charge in [0, 0.05) is 22.0 Å². The summed E-state index contributed by atoms with van der Waals surface area (Å²) in [6.45, 7) is 0. The fraction of sp³-hybridized carbons (Fsp3) is 0.222. The third-order valence-corrected chi connectivity index (χ3v) is 6.22. The van der Waals surface area contributed by atoms with E-state index in [1.807, 2.05) is 48.7 Å². The molecule has 0 radical (unpaired) electrons. The monoisotopic (exact) mass is 390 g/mol. The van der Waals surface area contributed by atoms with Crippen molar-refractivity contribution in [3.63, 3.8) is 0 Å². The predicted octanol–water partition coefficient (Wildman–Crippen LogP) is 5.15. The van der Waals surface area contributed by atoms with Crippen molar-refractivity contribution in [3.05, 3.63) is 42.5 Å². The lowest BCUT2D eigenvalue weighted by atomic mass is 10.3. The number of thioether (sulfide) groups is 2. The van der Waals surface area contributed by atoms with Crippen LogP contribution in [-0.2, 0) is 4.79 Å². The number of hydrogen-bond acceptors (Lipinski definition) is 6. The Morgan fingerprint density at radius 1 is 1.24 bits per heavy atom. The predicted molar refractivity (Wildman–Crippen MR) is 108 cm³/mol. The highest BCUT2D eigenvalue weighted by Crippen LogP contribution is 2.32. The van der Waals surface area contributed by atoms with E-state index in [0.29, 0.717) is 11.6 Å². The van der Waals surface area contributed by atoms with E-state index in [4.69, 9.17) is 4.74 Å². The second-order valence-corrected chi connectivity index (χ2v) is 8.20. The summed E-state index contributed by atoms with van der Waals surface area (Å²) in [5.74, 6) is 1.55. The Hall–Kier alpha value is -1.70. The second-order valence-electron chi connectivity index (χ2n) is 5.15. The number of anilines is 1. The Labute approximate surface area is 159 Å². The smallest absolute Gasteiger partial charge is 0.226 e. The summed E-state index contributed by atoms with van der Waals surface area (Å²) >= 11 is 4.83. The van der Waals surface area contributed by atoms with Gasteiger partial charge in [-0.15, -0.1) is 23.5 Å². The normalized spacial score (nSPS) is 10.8. The zero-order chi connectivity index (χ0) is 17.6. The van der Waals surface area contributed by atoms with E-state index in [1.54, 1.807) is 30.6 Å². The molecular weight excluding hydrogens is 372 g/mol. The van der Waals surface area contributed by atoms with E-state index in [-0.39, 0.29) is 5.91 Å². The number of aromatic nitrogens is 1. The molecule has 25 heavy (non-hydrogen) atoms. The number of fused-ring (bicyclic) bond motifs is 1. The summed E-state index contributed by atoms with van der Waals surface area (Å²) in [7, 11) is 1.65. The molecule has 0 saturated carbocycles. The average molecular weight is 391 g/mol. The molecule has 1 aromatic heterocycles. The van der Waals surface area contributed by atoms with Crippen LogP contribution >= 0.6 is 34.9 Å². The summed E-state index contributed by atoms with van der Waals surface area (Å²) in [6, 6.07) is 13.9. The third kappa shape index (κ3) is 4.68. The van der Waals surface area contributed by atoms with Gasteiger partial charge in [-0.3, -0.25) is 4.79 Å². The van der Waals surface area contributed by atoms with Gasteiger partial charge in [-0.1, -0.05) is 17.4 Å². The number of ether oxygens (including phenoxy) is 1. The number of thiazole rings is 1. The molecular formula is C18H18N2O2S3.